The van der Waals surface area contributed by atoms with Crippen molar-refractivity contribution in [1.82, 2.24) is 14.9 Å². The molecular weight excluding hydrogens is 523 g/mol. The quantitative estimate of drug-likeness (QED) is 0.433. The number of urea groups is 1. The minimum Gasteiger partial charge on any atom is -0.493 e. The number of fused-ring (bicyclic) bond motifs is 1. The highest BCUT2D eigenvalue weighted by molar-refractivity contribution is 6.35. The summed E-state index contributed by atoms with van der Waals surface area (Å²) in [5.41, 5.74) is 0.678. The summed E-state index contributed by atoms with van der Waals surface area (Å²) in [5.74, 6) is 0.631. The monoisotopic (exact) mass is 560 g/mol. The number of nitrogens with one attached hydrogen (secondary N) is 1. The Kier molecular flexibility index (Phi) is 8.32. The van der Waals surface area contributed by atoms with E-state index < -0.39 is 5.82 Å². The number of carbonyl (C=O) groups is 1. The number of aromatic nitrogens is 2. The van der Waals surface area contributed by atoms with Gasteiger partial charge in [-0.3, -0.25) is 9.80 Å². The molecule has 0 unspecified atom stereocenters. The number of nitrogens with zero attached hydrogens (tertiary/aromatic N) is 5. The second-order valence-electron chi connectivity index (χ2n) is 10.8. The molecule has 212 valence electrons. The van der Waals surface area contributed by atoms with E-state index in [2.05, 4.69) is 29.3 Å². The third-order valence-corrected chi connectivity index (χ3v) is 8.55. The number of rotatable bonds is 8. The average molecular weight is 561 g/mol. The van der Waals surface area contributed by atoms with Crippen molar-refractivity contribution in [2.45, 2.75) is 83.0 Å². The first-order valence-electron chi connectivity index (χ1n) is 13.9. The normalized spacial score (nSPS) is 21.9. The molecule has 39 heavy (non-hydrogen) atoms. The first-order valence-corrected chi connectivity index (χ1v) is 14.3. The van der Waals surface area contributed by atoms with Crippen molar-refractivity contribution in [1.29, 1.82) is 0 Å². The van der Waals surface area contributed by atoms with Gasteiger partial charge in [0.05, 0.1) is 20.3 Å². The van der Waals surface area contributed by atoms with E-state index in [-0.39, 0.29) is 46.9 Å². The zero-order chi connectivity index (χ0) is 27.7. The van der Waals surface area contributed by atoms with E-state index in [0.29, 0.717) is 24.4 Å². The molecule has 2 heterocycles. The van der Waals surface area contributed by atoms with Crippen LogP contribution < -0.4 is 24.6 Å². The van der Waals surface area contributed by atoms with Crippen molar-refractivity contribution in [3.8, 4) is 11.5 Å². The first kappa shape index (κ1) is 27.7. The molecule has 9 nitrogen and oxygen atoms in total. The first-order chi connectivity index (χ1) is 18.8. The zero-order valence-electron chi connectivity index (χ0n) is 23.2. The van der Waals surface area contributed by atoms with Gasteiger partial charge < -0.3 is 19.7 Å². The van der Waals surface area contributed by atoms with Gasteiger partial charge in [-0.25, -0.2) is 14.2 Å². The van der Waals surface area contributed by atoms with Gasteiger partial charge in [-0.15, -0.1) is 0 Å². The average Bonchev–Trinajstić information content (AvgIpc) is 3.45. The van der Waals surface area contributed by atoms with Gasteiger partial charge in [0.1, 0.15) is 22.3 Å². The van der Waals surface area contributed by atoms with Gasteiger partial charge in [-0.05, 0) is 59.5 Å². The second-order valence-corrected chi connectivity index (χ2v) is 11.2. The standard InChI is InChI=1S/C28H38ClFN6O3/c1-5-39-21-14-22(38-4)24(30)25(23(21)29)35-16-17-15-31-27(32-18-10-12-19(13-11-18)34(2)3)33-26(17)36(28(35)37)20-8-6-7-9-20/h14-15,18-20H,5-13,16H2,1-4H3,(H,31,32,33). The van der Waals surface area contributed by atoms with E-state index in [1.165, 1.54) is 18.1 Å². The number of halogens is 2. The summed E-state index contributed by atoms with van der Waals surface area (Å²) in [6.45, 7) is 2.23. The number of ether oxygens (including phenoxy) is 2. The molecule has 2 fully saturated rings. The second kappa shape index (κ2) is 11.7. The zero-order valence-corrected chi connectivity index (χ0v) is 23.9. The maximum absolute atomic E-state index is 15.7. The van der Waals surface area contributed by atoms with Crippen LogP contribution in [0.25, 0.3) is 0 Å². The highest BCUT2D eigenvalue weighted by atomic mass is 35.5. The number of anilines is 3. The van der Waals surface area contributed by atoms with Crippen molar-refractivity contribution < 1.29 is 18.7 Å². The van der Waals surface area contributed by atoms with Crippen LogP contribution in [-0.4, -0.2) is 66.8 Å². The number of amides is 2. The molecule has 1 aromatic carbocycles. The SMILES string of the molecule is CCOc1cc(OC)c(F)c(N2Cc3cnc(NC4CCC(N(C)C)CC4)nc3N(C3CCCC3)C2=O)c1Cl. The fourth-order valence-electron chi connectivity index (χ4n) is 6.05. The van der Waals surface area contributed by atoms with Crippen LogP contribution in [0.5, 0.6) is 11.5 Å². The lowest BCUT2D eigenvalue weighted by atomic mass is 9.91. The van der Waals surface area contributed by atoms with Crippen LogP contribution >= 0.6 is 11.6 Å². The summed E-state index contributed by atoms with van der Waals surface area (Å²) in [6.07, 6.45) is 9.83. The number of hydrogen-bond donors (Lipinski definition) is 1. The molecule has 0 radical (unpaired) electrons. The molecule has 5 rings (SSSR count). The van der Waals surface area contributed by atoms with E-state index in [1.54, 1.807) is 11.1 Å². The van der Waals surface area contributed by atoms with Crippen molar-refractivity contribution >= 4 is 35.1 Å². The molecule has 1 N–H and O–H groups in total. The predicted molar refractivity (Wildman–Crippen MR) is 151 cm³/mol. The van der Waals surface area contributed by atoms with Crippen LogP contribution in [0.1, 0.15) is 63.9 Å². The van der Waals surface area contributed by atoms with Gasteiger partial charge in [0.15, 0.2) is 11.6 Å². The molecule has 3 aliphatic rings. The summed E-state index contributed by atoms with van der Waals surface area (Å²) >= 11 is 6.64. The highest BCUT2D eigenvalue weighted by Crippen LogP contribution is 2.45. The van der Waals surface area contributed by atoms with Crippen LogP contribution in [0.15, 0.2) is 12.3 Å². The summed E-state index contributed by atoms with van der Waals surface area (Å²) in [4.78, 5) is 28.9. The van der Waals surface area contributed by atoms with Gasteiger partial charge in [-0.1, -0.05) is 24.4 Å². The molecule has 1 aromatic heterocycles. The molecule has 1 aliphatic heterocycles. The topological polar surface area (TPSA) is 83.1 Å². The summed E-state index contributed by atoms with van der Waals surface area (Å²) in [6, 6.07) is 1.91. The Labute approximate surface area is 234 Å². The Bertz CT molecular complexity index is 1200. The molecule has 0 atom stereocenters. The van der Waals surface area contributed by atoms with E-state index >= 15 is 4.39 Å². The van der Waals surface area contributed by atoms with Crippen LogP contribution in [0, 0.1) is 5.82 Å². The molecular formula is C28H38ClFN6O3. The maximum Gasteiger partial charge on any atom is 0.330 e. The van der Waals surface area contributed by atoms with E-state index in [4.69, 9.17) is 26.1 Å². The lowest BCUT2D eigenvalue weighted by Gasteiger charge is -2.40. The third kappa shape index (κ3) is 5.45. The Hall–Kier alpha value is -2.85. The molecule has 0 saturated heterocycles. The maximum atomic E-state index is 15.7. The van der Waals surface area contributed by atoms with Crippen LogP contribution in [0.3, 0.4) is 0 Å². The van der Waals surface area contributed by atoms with Gasteiger partial charge >= 0.3 is 6.03 Å². The van der Waals surface area contributed by atoms with E-state index in [0.717, 1.165) is 56.9 Å². The molecule has 2 aliphatic carbocycles. The molecule has 2 amide bonds. The number of hydrogen-bond acceptors (Lipinski definition) is 7. The van der Waals surface area contributed by atoms with Gasteiger partial charge in [0.2, 0.25) is 5.95 Å². The number of carbonyl (C=O) groups excluding carboxylic acids is 1. The number of methoxy groups -OCH3 is 1. The predicted octanol–water partition coefficient (Wildman–Crippen LogP) is 5.85. The molecule has 0 bridgehead atoms. The third-order valence-electron chi connectivity index (χ3n) is 8.19. The van der Waals surface area contributed by atoms with Crippen molar-refractivity contribution in [3.05, 3.63) is 28.7 Å². The Morgan fingerprint density at radius 3 is 2.51 bits per heavy atom. The van der Waals surface area contributed by atoms with E-state index in [1.807, 2.05) is 6.92 Å². The lowest BCUT2D eigenvalue weighted by Crippen LogP contribution is -2.52. The summed E-state index contributed by atoms with van der Waals surface area (Å²) < 4.78 is 26.6. The fourth-order valence-corrected chi connectivity index (χ4v) is 6.35. The minimum absolute atomic E-state index is 0.0314. The van der Waals surface area contributed by atoms with Gasteiger partial charge in [-0.2, -0.15) is 4.98 Å². The van der Waals surface area contributed by atoms with Gasteiger partial charge in [0, 0.05) is 36.0 Å². The van der Waals surface area contributed by atoms with Crippen molar-refractivity contribution in [3.63, 3.8) is 0 Å². The smallest absolute Gasteiger partial charge is 0.330 e. The number of benzene rings is 1. The lowest BCUT2D eigenvalue weighted by molar-refractivity contribution is 0.221. The summed E-state index contributed by atoms with van der Waals surface area (Å²) in [7, 11) is 5.63. The highest BCUT2D eigenvalue weighted by Gasteiger charge is 2.41. The van der Waals surface area contributed by atoms with Crippen LogP contribution in [-0.2, 0) is 6.54 Å². The minimum atomic E-state index is -0.707. The molecule has 11 heteroatoms. The summed E-state index contributed by atoms with van der Waals surface area (Å²) in [5, 5.41) is 3.54. The molecule has 2 saturated carbocycles. The molecule has 0 spiro atoms. The Morgan fingerprint density at radius 2 is 1.87 bits per heavy atom. The Morgan fingerprint density at radius 1 is 1.15 bits per heavy atom. The van der Waals surface area contributed by atoms with Crippen LogP contribution in [0.4, 0.5) is 26.6 Å². The van der Waals surface area contributed by atoms with Gasteiger partial charge in [0.25, 0.3) is 0 Å². The van der Waals surface area contributed by atoms with E-state index in [9.17, 15) is 4.79 Å². The fraction of sp³-hybridized carbons (Fsp3) is 0.607. The largest absolute Gasteiger partial charge is 0.493 e. The Balaban J connectivity index is 1.48. The molecule has 2 aromatic rings. The van der Waals surface area contributed by atoms with Crippen LogP contribution in [0.2, 0.25) is 5.02 Å². The van der Waals surface area contributed by atoms with Crippen molar-refractivity contribution in [2.75, 3.05) is 42.9 Å². The van der Waals surface area contributed by atoms with Crippen molar-refractivity contribution in [2.24, 2.45) is 0 Å².